The van der Waals surface area contributed by atoms with Gasteiger partial charge in [0.1, 0.15) is 12.4 Å². The number of amides is 1. The van der Waals surface area contributed by atoms with Gasteiger partial charge in [0.05, 0.1) is 17.9 Å². The molecule has 0 aromatic heterocycles. The van der Waals surface area contributed by atoms with E-state index in [-0.39, 0.29) is 54.8 Å². The summed E-state index contributed by atoms with van der Waals surface area (Å²) in [4.78, 5) is 12.5. The lowest BCUT2D eigenvalue weighted by Gasteiger charge is -2.20. The number of carbonyl (C=O) groups is 1. The van der Waals surface area contributed by atoms with Crippen LogP contribution >= 0.6 is 12.4 Å². The first-order chi connectivity index (χ1) is 11.9. The number of alkyl halides is 3. The van der Waals surface area contributed by atoms with E-state index in [0.717, 1.165) is 25.0 Å². The molecule has 1 aliphatic rings. The normalized spacial score (nSPS) is 19.7. The summed E-state index contributed by atoms with van der Waals surface area (Å²) in [7, 11) is 1.49. The molecule has 0 bridgehead atoms. The standard InChI is InChI=1S/C17H23F3N2O3.ClH/c1-24-7-8-25-15-6-5-12(17(18,19)20)9-14(15)22-16(23)13-4-2-3-11(13)10-21;/h5-6,9,11,13H,2-4,7-8,10,21H2,1H3,(H,22,23);1H/t11-,13-;/m1./s1. The van der Waals surface area contributed by atoms with E-state index in [1.54, 1.807) is 0 Å². The lowest BCUT2D eigenvalue weighted by molar-refractivity contribution is -0.137. The summed E-state index contributed by atoms with van der Waals surface area (Å²) >= 11 is 0. The van der Waals surface area contributed by atoms with Gasteiger partial charge in [-0.2, -0.15) is 13.2 Å². The molecule has 148 valence electrons. The zero-order valence-electron chi connectivity index (χ0n) is 14.5. The molecular weight excluding hydrogens is 373 g/mol. The molecule has 0 unspecified atom stereocenters. The minimum absolute atomic E-state index is 0. The van der Waals surface area contributed by atoms with Gasteiger partial charge in [-0.3, -0.25) is 4.79 Å². The molecule has 9 heteroatoms. The fraction of sp³-hybridized carbons (Fsp3) is 0.588. The highest BCUT2D eigenvalue weighted by molar-refractivity contribution is 5.94. The first-order valence-corrected chi connectivity index (χ1v) is 8.20. The molecule has 26 heavy (non-hydrogen) atoms. The van der Waals surface area contributed by atoms with Gasteiger partial charge in [0.2, 0.25) is 5.91 Å². The van der Waals surface area contributed by atoms with Crippen LogP contribution in [0.5, 0.6) is 5.75 Å². The number of nitrogens with one attached hydrogen (secondary N) is 1. The van der Waals surface area contributed by atoms with Crippen LogP contribution in [0.25, 0.3) is 0 Å². The second-order valence-electron chi connectivity index (χ2n) is 6.07. The van der Waals surface area contributed by atoms with Crippen molar-refractivity contribution < 1.29 is 27.4 Å². The van der Waals surface area contributed by atoms with Crippen LogP contribution in [0.3, 0.4) is 0 Å². The first-order valence-electron chi connectivity index (χ1n) is 8.20. The Bertz CT molecular complexity index is 599. The highest BCUT2D eigenvalue weighted by Gasteiger charge is 2.34. The highest BCUT2D eigenvalue weighted by atomic mass is 35.5. The molecule has 3 N–H and O–H groups in total. The first kappa shape index (κ1) is 22.5. The minimum atomic E-state index is -4.50. The molecule has 2 rings (SSSR count). The van der Waals surface area contributed by atoms with E-state index >= 15 is 0 Å². The third kappa shape index (κ3) is 5.75. The summed E-state index contributed by atoms with van der Waals surface area (Å²) in [6.07, 6.45) is -2.07. The van der Waals surface area contributed by atoms with Gasteiger partial charge in [0.25, 0.3) is 0 Å². The van der Waals surface area contributed by atoms with Crippen molar-refractivity contribution in [1.82, 2.24) is 0 Å². The molecule has 1 aliphatic carbocycles. The Morgan fingerprint density at radius 3 is 2.65 bits per heavy atom. The summed E-state index contributed by atoms with van der Waals surface area (Å²) in [6.45, 7) is 0.837. The van der Waals surface area contributed by atoms with Crippen LogP contribution in [0, 0.1) is 11.8 Å². The van der Waals surface area contributed by atoms with E-state index in [0.29, 0.717) is 13.0 Å². The second kappa shape index (κ2) is 9.99. The summed E-state index contributed by atoms with van der Waals surface area (Å²) < 4.78 is 49.2. The maximum absolute atomic E-state index is 13.0. The molecule has 0 aliphatic heterocycles. The van der Waals surface area contributed by atoms with Gasteiger partial charge in [0, 0.05) is 13.0 Å². The number of benzene rings is 1. The SMILES string of the molecule is COCCOc1ccc(C(F)(F)F)cc1NC(=O)[C@@H]1CCC[C@@H]1CN.Cl. The number of hydrogen-bond donors (Lipinski definition) is 2. The maximum Gasteiger partial charge on any atom is 0.416 e. The van der Waals surface area contributed by atoms with Gasteiger partial charge in [0.15, 0.2) is 0 Å². The second-order valence-corrected chi connectivity index (χ2v) is 6.07. The Balaban J connectivity index is 0.00000338. The molecule has 1 amide bonds. The molecule has 0 spiro atoms. The number of nitrogens with two attached hydrogens (primary N) is 1. The van der Waals surface area contributed by atoms with Crippen molar-refractivity contribution >= 4 is 24.0 Å². The molecule has 1 aromatic carbocycles. The fourth-order valence-electron chi connectivity index (χ4n) is 3.05. The zero-order chi connectivity index (χ0) is 18.4. The summed E-state index contributed by atoms with van der Waals surface area (Å²) in [5.74, 6) is -0.361. The van der Waals surface area contributed by atoms with E-state index in [9.17, 15) is 18.0 Å². The van der Waals surface area contributed by atoms with E-state index in [4.69, 9.17) is 15.2 Å². The highest BCUT2D eigenvalue weighted by Crippen LogP contribution is 2.37. The van der Waals surface area contributed by atoms with Crippen molar-refractivity contribution in [1.29, 1.82) is 0 Å². The van der Waals surface area contributed by atoms with Crippen molar-refractivity contribution in [3.63, 3.8) is 0 Å². The van der Waals surface area contributed by atoms with Gasteiger partial charge in [-0.15, -0.1) is 12.4 Å². The summed E-state index contributed by atoms with van der Waals surface area (Å²) in [5.41, 5.74) is 4.85. The zero-order valence-corrected chi connectivity index (χ0v) is 15.3. The van der Waals surface area contributed by atoms with Crippen molar-refractivity contribution in [2.24, 2.45) is 17.6 Å². The average molecular weight is 397 g/mol. The molecule has 0 heterocycles. The Labute approximate surface area is 156 Å². The third-order valence-corrected chi connectivity index (χ3v) is 4.41. The van der Waals surface area contributed by atoms with Gasteiger partial charge in [-0.1, -0.05) is 6.42 Å². The predicted molar refractivity (Wildman–Crippen MR) is 94.6 cm³/mol. The van der Waals surface area contributed by atoms with Gasteiger partial charge >= 0.3 is 6.18 Å². The summed E-state index contributed by atoms with van der Waals surface area (Å²) in [6, 6.07) is 3.03. The molecule has 1 fully saturated rings. The lowest BCUT2D eigenvalue weighted by Crippen LogP contribution is -2.30. The maximum atomic E-state index is 13.0. The van der Waals surface area contributed by atoms with E-state index < -0.39 is 11.7 Å². The van der Waals surface area contributed by atoms with Gasteiger partial charge in [-0.05, 0) is 43.5 Å². The Morgan fingerprint density at radius 1 is 1.31 bits per heavy atom. The Kier molecular flexibility index (Phi) is 8.66. The molecule has 1 aromatic rings. The number of anilines is 1. The number of hydrogen-bond acceptors (Lipinski definition) is 4. The number of carbonyl (C=O) groups excluding carboxylic acids is 1. The fourth-order valence-corrected chi connectivity index (χ4v) is 3.05. The van der Waals surface area contributed by atoms with Crippen LogP contribution in [0.2, 0.25) is 0 Å². The van der Waals surface area contributed by atoms with Crippen molar-refractivity contribution in [3.8, 4) is 5.75 Å². The van der Waals surface area contributed by atoms with Crippen LogP contribution in [-0.4, -0.2) is 32.8 Å². The van der Waals surface area contributed by atoms with Crippen LogP contribution in [0.1, 0.15) is 24.8 Å². The quantitative estimate of drug-likeness (QED) is 0.692. The van der Waals surface area contributed by atoms with E-state index in [1.165, 1.54) is 13.2 Å². The molecule has 0 saturated heterocycles. The summed E-state index contributed by atoms with van der Waals surface area (Å²) in [5, 5.41) is 2.60. The van der Waals surface area contributed by atoms with Crippen LogP contribution in [0.15, 0.2) is 18.2 Å². The molecule has 1 saturated carbocycles. The average Bonchev–Trinajstić information content (AvgIpc) is 3.04. The molecular formula is C17H24ClF3N2O3. The topological polar surface area (TPSA) is 73.6 Å². The van der Waals surface area contributed by atoms with Crippen LogP contribution in [-0.2, 0) is 15.7 Å². The number of halogens is 4. The number of methoxy groups -OCH3 is 1. The van der Waals surface area contributed by atoms with Crippen LogP contribution in [0.4, 0.5) is 18.9 Å². The van der Waals surface area contributed by atoms with Crippen molar-refractivity contribution in [2.75, 3.05) is 32.2 Å². The third-order valence-electron chi connectivity index (χ3n) is 4.41. The molecule has 2 atom stereocenters. The predicted octanol–water partition coefficient (Wildman–Crippen LogP) is 3.47. The van der Waals surface area contributed by atoms with Gasteiger partial charge in [-0.25, -0.2) is 0 Å². The van der Waals surface area contributed by atoms with Crippen LogP contribution < -0.4 is 15.8 Å². The Morgan fingerprint density at radius 2 is 2.04 bits per heavy atom. The largest absolute Gasteiger partial charge is 0.489 e. The Hall–Kier alpha value is -1.51. The smallest absolute Gasteiger partial charge is 0.416 e. The number of rotatable bonds is 7. The molecule has 5 nitrogen and oxygen atoms in total. The van der Waals surface area contributed by atoms with E-state index in [2.05, 4.69) is 5.32 Å². The molecule has 0 radical (unpaired) electrons. The van der Waals surface area contributed by atoms with Crippen molar-refractivity contribution in [3.05, 3.63) is 23.8 Å². The van der Waals surface area contributed by atoms with Gasteiger partial charge < -0.3 is 20.5 Å². The van der Waals surface area contributed by atoms with E-state index in [1.807, 2.05) is 0 Å². The lowest BCUT2D eigenvalue weighted by atomic mass is 9.95. The van der Waals surface area contributed by atoms with Crippen molar-refractivity contribution in [2.45, 2.75) is 25.4 Å². The minimum Gasteiger partial charge on any atom is -0.489 e. The number of ether oxygens (including phenoxy) is 2. The monoisotopic (exact) mass is 396 g/mol.